The molecule has 0 aromatic heterocycles. The van der Waals surface area contributed by atoms with E-state index in [0.29, 0.717) is 11.5 Å². The van der Waals surface area contributed by atoms with Crippen LogP contribution in [0.15, 0.2) is 60.7 Å². The monoisotopic (exact) mass is 268 g/mol. The molecule has 0 aliphatic heterocycles. The number of halogens is 1. The van der Waals surface area contributed by atoms with Gasteiger partial charge in [-0.3, -0.25) is 0 Å². The van der Waals surface area contributed by atoms with Gasteiger partial charge in [0.25, 0.3) is 0 Å². The Hall–Kier alpha value is -2.39. The Morgan fingerprint density at radius 3 is 2.40 bits per heavy atom. The van der Waals surface area contributed by atoms with Crippen LogP contribution in [0.1, 0.15) is 5.56 Å². The number of hydrogen-bond acceptors (Lipinski definition) is 2. The smallest absolute Gasteiger partial charge is 0.135 e. The Bertz CT molecular complexity index is 748. The summed E-state index contributed by atoms with van der Waals surface area (Å²) >= 11 is 0. The van der Waals surface area contributed by atoms with Crippen molar-refractivity contribution in [2.45, 2.75) is 6.61 Å². The molecule has 3 rings (SSSR count). The zero-order chi connectivity index (χ0) is 13.9. The van der Waals surface area contributed by atoms with Crippen molar-refractivity contribution in [1.29, 1.82) is 0 Å². The Labute approximate surface area is 116 Å². The molecule has 1 N–H and O–H groups in total. The fourth-order valence-corrected chi connectivity index (χ4v) is 2.19. The predicted octanol–water partition coefficient (Wildman–Crippen LogP) is 4.26. The molecule has 0 bridgehead atoms. The number of fused-ring (bicyclic) bond motifs is 1. The number of benzene rings is 3. The van der Waals surface area contributed by atoms with Crippen molar-refractivity contribution in [2.75, 3.05) is 0 Å². The third-order valence-corrected chi connectivity index (χ3v) is 3.20. The number of aliphatic hydroxyl groups excluding tert-OH is 1. The summed E-state index contributed by atoms with van der Waals surface area (Å²) in [6.07, 6.45) is 0. The molecule has 0 unspecified atom stereocenters. The van der Waals surface area contributed by atoms with Crippen LogP contribution < -0.4 is 4.74 Å². The van der Waals surface area contributed by atoms with Gasteiger partial charge in [0.2, 0.25) is 0 Å². The highest BCUT2D eigenvalue weighted by Gasteiger charge is 2.10. The van der Waals surface area contributed by atoms with Gasteiger partial charge in [-0.2, -0.15) is 0 Å². The summed E-state index contributed by atoms with van der Waals surface area (Å²) < 4.78 is 19.4. The average Bonchev–Trinajstić information content (AvgIpc) is 2.48. The van der Waals surface area contributed by atoms with Crippen LogP contribution >= 0.6 is 0 Å². The second-order valence-corrected chi connectivity index (χ2v) is 4.45. The maximum absolute atomic E-state index is 13.6. The van der Waals surface area contributed by atoms with Gasteiger partial charge >= 0.3 is 0 Å². The minimum absolute atomic E-state index is 0.167. The summed E-state index contributed by atoms with van der Waals surface area (Å²) in [7, 11) is 0. The molecular formula is C17H13FO2. The molecule has 0 saturated heterocycles. The molecule has 0 atom stereocenters. The largest absolute Gasteiger partial charge is 0.456 e. The van der Waals surface area contributed by atoms with Gasteiger partial charge in [-0.05, 0) is 23.6 Å². The van der Waals surface area contributed by atoms with Crippen molar-refractivity contribution in [3.63, 3.8) is 0 Å². The number of aliphatic hydroxyl groups is 1. The Morgan fingerprint density at radius 2 is 1.55 bits per heavy atom. The quantitative estimate of drug-likeness (QED) is 0.769. The van der Waals surface area contributed by atoms with Crippen molar-refractivity contribution in [1.82, 2.24) is 0 Å². The van der Waals surface area contributed by atoms with Crippen molar-refractivity contribution in [3.8, 4) is 11.5 Å². The maximum atomic E-state index is 13.6. The third kappa shape index (κ3) is 2.24. The van der Waals surface area contributed by atoms with E-state index in [-0.39, 0.29) is 5.56 Å². The molecule has 0 radical (unpaired) electrons. The van der Waals surface area contributed by atoms with Gasteiger partial charge in [-0.15, -0.1) is 0 Å². The van der Waals surface area contributed by atoms with E-state index in [9.17, 15) is 9.50 Å². The Balaban J connectivity index is 2.08. The van der Waals surface area contributed by atoms with Crippen molar-refractivity contribution in [3.05, 3.63) is 72.0 Å². The number of ether oxygens (including phenoxy) is 1. The van der Waals surface area contributed by atoms with E-state index < -0.39 is 12.4 Å². The fraction of sp³-hybridized carbons (Fsp3) is 0.0588. The third-order valence-electron chi connectivity index (χ3n) is 3.20. The normalized spacial score (nSPS) is 10.7. The first-order valence-corrected chi connectivity index (χ1v) is 6.33. The number of hydrogen-bond donors (Lipinski definition) is 1. The van der Waals surface area contributed by atoms with Crippen molar-refractivity contribution in [2.24, 2.45) is 0 Å². The van der Waals surface area contributed by atoms with Crippen LogP contribution in [0.25, 0.3) is 10.8 Å². The molecule has 0 heterocycles. The van der Waals surface area contributed by atoms with Crippen molar-refractivity contribution >= 4 is 10.8 Å². The molecule has 0 aliphatic rings. The van der Waals surface area contributed by atoms with Crippen molar-refractivity contribution < 1.29 is 14.2 Å². The van der Waals surface area contributed by atoms with Crippen LogP contribution in [0.2, 0.25) is 0 Å². The van der Waals surface area contributed by atoms with Crippen LogP contribution in [-0.2, 0) is 6.61 Å². The van der Waals surface area contributed by atoms with Gasteiger partial charge in [0, 0.05) is 5.39 Å². The van der Waals surface area contributed by atoms with Gasteiger partial charge < -0.3 is 9.84 Å². The molecule has 100 valence electrons. The average molecular weight is 268 g/mol. The maximum Gasteiger partial charge on any atom is 0.135 e. The van der Waals surface area contributed by atoms with Gasteiger partial charge in [0.1, 0.15) is 17.3 Å². The molecule has 0 amide bonds. The first-order chi connectivity index (χ1) is 9.79. The molecule has 3 aromatic carbocycles. The lowest BCUT2D eigenvalue weighted by molar-refractivity contribution is 0.270. The Morgan fingerprint density at radius 1 is 0.850 bits per heavy atom. The summed E-state index contributed by atoms with van der Waals surface area (Å²) in [6.45, 7) is -0.396. The van der Waals surface area contributed by atoms with E-state index in [4.69, 9.17) is 4.74 Å². The molecule has 20 heavy (non-hydrogen) atoms. The summed E-state index contributed by atoms with van der Waals surface area (Å²) in [5.74, 6) is 0.512. The van der Waals surface area contributed by atoms with E-state index in [0.717, 1.165) is 10.8 Å². The standard InChI is InChI=1S/C17H13FO2/c18-15-8-4-10-17(14(15)11-19)20-16-9-3-6-12-5-1-2-7-13(12)16/h1-10,19H,11H2. The molecule has 0 fully saturated rings. The van der Waals surface area contributed by atoms with Crippen LogP contribution in [-0.4, -0.2) is 5.11 Å². The predicted molar refractivity (Wildman–Crippen MR) is 76.3 cm³/mol. The Kier molecular flexibility index (Phi) is 3.35. The van der Waals surface area contributed by atoms with E-state index in [1.165, 1.54) is 6.07 Å². The lowest BCUT2D eigenvalue weighted by Crippen LogP contribution is -1.95. The topological polar surface area (TPSA) is 29.5 Å². The SMILES string of the molecule is OCc1c(F)cccc1Oc1cccc2ccccc12. The molecule has 0 aliphatic carbocycles. The molecule has 3 heteroatoms. The van der Waals surface area contributed by atoms with Crippen LogP contribution in [0, 0.1) is 5.82 Å². The molecular weight excluding hydrogens is 255 g/mol. The summed E-state index contributed by atoms with van der Waals surface area (Å²) in [6, 6.07) is 18.0. The first kappa shape index (κ1) is 12.6. The summed E-state index contributed by atoms with van der Waals surface area (Å²) in [4.78, 5) is 0. The van der Waals surface area contributed by atoms with E-state index in [2.05, 4.69) is 0 Å². The minimum Gasteiger partial charge on any atom is -0.456 e. The molecule has 0 saturated carbocycles. The minimum atomic E-state index is -0.467. The van der Waals surface area contributed by atoms with Gasteiger partial charge in [-0.1, -0.05) is 42.5 Å². The highest BCUT2D eigenvalue weighted by molar-refractivity contribution is 5.88. The molecule has 3 aromatic rings. The second kappa shape index (κ2) is 5.31. The van der Waals surface area contributed by atoms with Crippen LogP contribution in [0.3, 0.4) is 0 Å². The lowest BCUT2D eigenvalue weighted by atomic mass is 10.1. The van der Waals surface area contributed by atoms with E-state index >= 15 is 0 Å². The highest BCUT2D eigenvalue weighted by atomic mass is 19.1. The zero-order valence-electron chi connectivity index (χ0n) is 10.7. The zero-order valence-corrected chi connectivity index (χ0v) is 10.7. The van der Waals surface area contributed by atoms with Crippen LogP contribution in [0.5, 0.6) is 11.5 Å². The van der Waals surface area contributed by atoms with Crippen LogP contribution in [0.4, 0.5) is 4.39 Å². The highest BCUT2D eigenvalue weighted by Crippen LogP contribution is 2.32. The summed E-state index contributed by atoms with van der Waals surface area (Å²) in [5.41, 5.74) is 0.167. The number of rotatable bonds is 3. The second-order valence-electron chi connectivity index (χ2n) is 4.45. The summed E-state index contributed by atoms with van der Waals surface area (Å²) in [5, 5.41) is 11.3. The van der Waals surface area contributed by atoms with E-state index in [1.54, 1.807) is 12.1 Å². The first-order valence-electron chi connectivity index (χ1n) is 6.33. The molecule has 0 spiro atoms. The van der Waals surface area contributed by atoms with Gasteiger partial charge in [-0.25, -0.2) is 4.39 Å². The van der Waals surface area contributed by atoms with E-state index in [1.807, 2.05) is 42.5 Å². The lowest BCUT2D eigenvalue weighted by Gasteiger charge is -2.12. The van der Waals surface area contributed by atoms with Gasteiger partial charge in [0.05, 0.1) is 12.2 Å². The van der Waals surface area contributed by atoms with Gasteiger partial charge in [0.15, 0.2) is 0 Å². The fourth-order valence-electron chi connectivity index (χ4n) is 2.19. The molecule has 2 nitrogen and oxygen atoms in total.